The second kappa shape index (κ2) is 26.3. The van der Waals surface area contributed by atoms with Crippen LogP contribution in [0.3, 0.4) is 0 Å². The standard InChI is InChI=1S/C59H70N5O13P/c1-40(2)64(41(3)4)78(68,75-38-47-20-15-34-62(47)56(66)43-21-27-48(70-6)28-22-43)77-53-51(76-57(54(53)73-37-36-69-5)63-35-33-52(61-58(63)67)60-55(65)42-16-11-9-12-17-42)39-74-59(44-18-13-10-14-19-44,45-23-29-49(71-7)30-24-45)46-25-31-50(72-8)32-26-46/h9-14,16-19,21-33,35,40-41,47,51,53-54,57H,15,20,34,36-39H2,1-8H3,(H,60,61,65,67)/t47-,51-,53-,54-,57-,78?/m1/s1. The van der Waals surface area contributed by atoms with Gasteiger partial charge in [0.1, 0.15) is 47.0 Å². The van der Waals surface area contributed by atoms with Gasteiger partial charge in [-0.2, -0.15) is 4.98 Å². The molecule has 8 rings (SSSR count). The van der Waals surface area contributed by atoms with E-state index in [4.69, 9.17) is 42.2 Å². The first-order valence-electron chi connectivity index (χ1n) is 26.1. The van der Waals surface area contributed by atoms with Crippen molar-refractivity contribution in [1.82, 2.24) is 19.1 Å². The average molecular weight is 1090 g/mol. The van der Waals surface area contributed by atoms with E-state index < -0.39 is 67.6 Å². The molecule has 18 nitrogen and oxygen atoms in total. The Balaban J connectivity index is 1.23. The molecule has 6 atom stereocenters. The second-order valence-corrected chi connectivity index (χ2v) is 21.3. The number of carbonyl (C=O) groups excluding carboxylic acids is 2. The van der Waals surface area contributed by atoms with Gasteiger partial charge in [-0.05, 0) is 124 Å². The van der Waals surface area contributed by atoms with Crippen LogP contribution in [0, 0.1) is 0 Å². The number of aromatic nitrogens is 2. The van der Waals surface area contributed by atoms with Crippen LogP contribution in [-0.2, 0) is 38.2 Å². The van der Waals surface area contributed by atoms with Crippen molar-refractivity contribution in [1.29, 1.82) is 0 Å². The SMILES string of the molecule is COCCO[C@@H]1[C@H](OP(=O)(OC[C@H]2CCCN2C(=O)c2ccc(OC)cc2)N(C(C)C)C(C)C)[C@@H](COC(c2ccccc2)(c2ccc(OC)cc2)c2ccc(OC)cc2)O[C@H]1n1ccc(NC(=O)c2ccccc2)nc1=O. The number of rotatable bonds is 25. The highest BCUT2D eigenvalue weighted by molar-refractivity contribution is 7.51. The lowest BCUT2D eigenvalue weighted by Gasteiger charge is -2.40. The third kappa shape index (κ3) is 12.9. The molecule has 2 aliphatic rings. The summed E-state index contributed by atoms with van der Waals surface area (Å²) in [7, 11) is 1.82. The Morgan fingerprint density at radius 1 is 0.718 bits per heavy atom. The summed E-state index contributed by atoms with van der Waals surface area (Å²) in [5.74, 6) is 1.24. The number of ether oxygens (including phenoxy) is 7. The van der Waals surface area contributed by atoms with Crippen LogP contribution in [0.1, 0.15) is 84.2 Å². The lowest BCUT2D eigenvalue weighted by Crippen LogP contribution is -2.45. The lowest BCUT2D eigenvalue weighted by molar-refractivity contribution is -0.0992. The highest BCUT2D eigenvalue weighted by Crippen LogP contribution is 2.58. The Kier molecular flexibility index (Phi) is 19.4. The Hall–Kier alpha value is -6.73. The maximum absolute atomic E-state index is 16.4. The highest BCUT2D eigenvalue weighted by atomic mass is 31.2. The molecule has 2 fully saturated rings. The van der Waals surface area contributed by atoms with Crippen molar-refractivity contribution in [2.45, 2.75) is 88.8 Å². The number of anilines is 1. The number of hydrogen-bond acceptors (Lipinski definition) is 14. The van der Waals surface area contributed by atoms with Crippen LogP contribution in [0.5, 0.6) is 17.2 Å². The molecule has 1 unspecified atom stereocenters. The topological polar surface area (TPSA) is 188 Å². The van der Waals surface area contributed by atoms with Gasteiger partial charge in [0.2, 0.25) is 0 Å². The first-order chi connectivity index (χ1) is 37.7. The van der Waals surface area contributed by atoms with Crippen LogP contribution in [-0.4, -0.2) is 129 Å². The second-order valence-electron chi connectivity index (χ2n) is 19.5. The van der Waals surface area contributed by atoms with Gasteiger partial charge in [-0.25, -0.2) is 14.0 Å². The zero-order valence-electron chi connectivity index (χ0n) is 45.4. The Morgan fingerprint density at radius 3 is 1.83 bits per heavy atom. The molecule has 6 aromatic rings. The average Bonchev–Trinajstić information content (AvgIpc) is 4.12. The van der Waals surface area contributed by atoms with Crippen LogP contribution in [0.15, 0.2) is 151 Å². The number of carbonyl (C=O) groups is 2. The lowest BCUT2D eigenvalue weighted by atomic mass is 9.80. The Labute approximate surface area is 456 Å². The van der Waals surface area contributed by atoms with Crippen LogP contribution in [0.25, 0.3) is 0 Å². The molecule has 1 N–H and O–H groups in total. The van der Waals surface area contributed by atoms with E-state index in [1.165, 1.54) is 23.9 Å². The largest absolute Gasteiger partial charge is 0.497 e. The molecule has 2 aliphatic heterocycles. The summed E-state index contributed by atoms with van der Waals surface area (Å²) in [4.78, 5) is 47.7. The fourth-order valence-corrected chi connectivity index (χ4v) is 12.6. The van der Waals surface area contributed by atoms with Crippen molar-refractivity contribution in [3.8, 4) is 17.2 Å². The molecule has 2 amide bonds. The number of hydrogen-bond donors (Lipinski definition) is 1. The quantitative estimate of drug-likeness (QED) is 0.0324. The van der Waals surface area contributed by atoms with Crippen LogP contribution >= 0.6 is 7.75 Å². The molecule has 0 aliphatic carbocycles. The number of nitrogens with one attached hydrogen (secondary N) is 1. The molecule has 0 radical (unpaired) electrons. The van der Waals surface area contributed by atoms with E-state index in [0.717, 1.165) is 16.7 Å². The van der Waals surface area contributed by atoms with E-state index >= 15 is 4.57 Å². The predicted molar refractivity (Wildman–Crippen MR) is 294 cm³/mol. The molecule has 5 aromatic carbocycles. The Morgan fingerprint density at radius 2 is 1.28 bits per heavy atom. The van der Waals surface area contributed by atoms with E-state index in [9.17, 15) is 14.4 Å². The molecular weight excluding hydrogens is 1020 g/mol. The summed E-state index contributed by atoms with van der Waals surface area (Å²) in [5, 5.41) is 2.71. The number of methoxy groups -OCH3 is 4. The van der Waals surface area contributed by atoms with Crippen molar-refractivity contribution < 1.29 is 56.4 Å². The van der Waals surface area contributed by atoms with Crippen LogP contribution < -0.4 is 25.2 Å². The summed E-state index contributed by atoms with van der Waals surface area (Å²) in [6.07, 6.45) is -2.16. The molecular formula is C59H70N5O13P. The van der Waals surface area contributed by atoms with Crippen molar-refractivity contribution in [2.24, 2.45) is 0 Å². The maximum atomic E-state index is 16.4. The van der Waals surface area contributed by atoms with Crippen LogP contribution in [0.4, 0.5) is 5.82 Å². The predicted octanol–water partition coefficient (Wildman–Crippen LogP) is 9.39. The number of benzene rings is 5. The fraction of sp³-hybridized carbons (Fsp3) is 0.390. The first kappa shape index (κ1) is 57.4. The molecule has 1 aromatic heterocycles. The van der Waals surface area contributed by atoms with E-state index in [0.29, 0.717) is 47.8 Å². The molecule has 414 valence electrons. The van der Waals surface area contributed by atoms with Gasteiger partial charge in [0.25, 0.3) is 11.8 Å². The van der Waals surface area contributed by atoms with Gasteiger partial charge in [-0.3, -0.25) is 23.2 Å². The minimum Gasteiger partial charge on any atom is -0.497 e. The third-order valence-electron chi connectivity index (χ3n) is 13.9. The number of nitrogens with zero attached hydrogens (tertiary/aromatic N) is 4. The number of likely N-dealkylation sites (tertiary alicyclic amines) is 1. The van der Waals surface area contributed by atoms with E-state index in [2.05, 4.69) is 10.3 Å². The fourth-order valence-electron chi connectivity index (χ4n) is 10.2. The molecule has 19 heteroatoms. The zero-order valence-corrected chi connectivity index (χ0v) is 46.3. The monoisotopic (exact) mass is 1090 g/mol. The van der Waals surface area contributed by atoms with Gasteiger partial charge in [0, 0.05) is 43.1 Å². The van der Waals surface area contributed by atoms with Gasteiger partial charge >= 0.3 is 13.4 Å². The van der Waals surface area contributed by atoms with Gasteiger partial charge in [0.15, 0.2) is 6.23 Å². The minimum absolute atomic E-state index is 0.00124. The highest BCUT2D eigenvalue weighted by Gasteiger charge is 2.54. The minimum atomic E-state index is -4.48. The third-order valence-corrected chi connectivity index (χ3v) is 16.4. The molecule has 3 heterocycles. The normalized spacial score (nSPS) is 19.3. The Bertz CT molecular complexity index is 2950. The molecule has 0 spiro atoms. The smallest absolute Gasteiger partial charge is 0.409 e. The van der Waals surface area contributed by atoms with E-state index in [1.54, 1.807) is 85.5 Å². The summed E-state index contributed by atoms with van der Waals surface area (Å²) in [6, 6.07) is 40.6. The van der Waals surface area contributed by atoms with Gasteiger partial charge in [0.05, 0.1) is 53.8 Å². The summed E-state index contributed by atoms with van der Waals surface area (Å²) >= 11 is 0. The van der Waals surface area contributed by atoms with E-state index in [1.807, 2.05) is 107 Å². The van der Waals surface area contributed by atoms with Crippen molar-refractivity contribution in [3.05, 3.63) is 184 Å². The maximum Gasteiger partial charge on any atom is 0.409 e. The van der Waals surface area contributed by atoms with Crippen molar-refractivity contribution in [3.63, 3.8) is 0 Å². The molecule has 2 saturated heterocycles. The molecule has 0 saturated carbocycles. The first-order valence-corrected chi connectivity index (χ1v) is 27.6. The van der Waals surface area contributed by atoms with Crippen molar-refractivity contribution in [2.75, 3.05) is 66.7 Å². The summed E-state index contributed by atoms with van der Waals surface area (Å²) in [5.41, 5.74) is 0.958. The summed E-state index contributed by atoms with van der Waals surface area (Å²) in [6.45, 7) is 7.83. The van der Waals surface area contributed by atoms with Gasteiger partial charge in [-0.1, -0.05) is 72.8 Å². The number of amides is 2. The van der Waals surface area contributed by atoms with Gasteiger partial charge < -0.3 is 43.4 Å². The summed E-state index contributed by atoms with van der Waals surface area (Å²) < 4.78 is 76.2. The van der Waals surface area contributed by atoms with Crippen molar-refractivity contribution >= 4 is 25.4 Å². The zero-order chi connectivity index (χ0) is 55.4. The molecule has 0 bridgehead atoms. The van der Waals surface area contributed by atoms with E-state index in [-0.39, 0.29) is 38.2 Å². The molecule has 78 heavy (non-hydrogen) atoms. The van der Waals surface area contributed by atoms with Crippen LogP contribution in [0.2, 0.25) is 0 Å². The van der Waals surface area contributed by atoms with Gasteiger partial charge in [-0.15, -0.1) is 0 Å².